The predicted octanol–water partition coefficient (Wildman–Crippen LogP) is 1.77. The van der Waals surface area contributed by atoms with E-state index >= 15 is 0 Å². The summed E-state index contributed by atoms with van der Waals surface area (Å²) in [6.07, 6.45) is 1.53. The minimum Gasteiger partial charge on any atom is -0.467 e. The van der Waals surface area contributed by atoms with E-state index in [4.69, 9.17) is 25.8 Å². The largest absolute Gasteiger partial charge is 0.467 e. The average molecular weight is 302 g/mol. The van der Waals surface area contributed by atoms with Gasteiger partial charge in [0.15, 0.2) is 5.82 Å². The van der Waals surface area contributed by atoms with E-state index in [1.54, 1.807) is 13.3 Å². The van der Waals surface area contributed by atoms with Crippen molar-refractivity contribution in [1.29, 1.82) is 0 Å². The van der Waals surface area contributed by atoms with Crippen LogP contribution in [0.15, 0.2) is 6.20 Å². The van der Waals surface area contributed by atoms with E-state index in [2.05, 4.69) is 14.9 Å². The third-order valence-corrected chi connectivity index (χ3v) is 3.29. The molecule has 0 bridgehead atoms. The van der Waals surface area contributed by atoms with Crippen LogP contribution in [0.1, 0.15) is 13.8 Å². The Morgan fingerprint density at radius 2 is 2.25 bits per heavy atom. The number of anilines is 1. The molecule has 0 N–H and O–H groups in total. The number of hydrogen-bond donors (Lipinski definition) is 0. The lowest BCUT2D eigenvalue weighted by atomic mass is 10.1. The highest BCUT2D eigenvalue weighted by Crippen LogP contribution is 2.30. The standard InChI is InChI=1S/C13H20ClN3O3/c1-13(2)8-17(6-9(20-13)7-18-3)11-10(14)5-15-12(16-11)19-4/h5,9H,6-8H2,1-4H3/t9-/m0/s1. The topological polar surface area (TPSA) is 56.7 Å². The quantitative estimate of drug-likeness (QED) is 0.845. The zero-order chi connectivity index (χ0) is 14.8. The van der Waals surface area contributed by atoms with E-state index in [1.807, 2.05) is 13.8 Å². The molecule has 0 saturated carbocycles. The van der Waals surface area contributed by atoms with Crippen LogP contribution in [0.5, 0.6) is 6.01 Å². The van der Waals surface area contributed by atoms with Crippen LogP contribution >= 0.6 is 11.6 Å². The van der Waals surface area contributed by atoms with E-state index in [9.17, 15) is 0 Å². The zero-order valence-corrected chi connectivity index (χ0v) is 13.0. The number of ether oxygens (including phenoxy) is 3. The highest BCUT2D eigenvalue weighted by Gasteiger charge is 2.35. The molecule has 0 aromatic carbocycles. The molecule has 1 atom stereocenters. The first-order valence-electron chi connectivity index (χ1n) is 6.43. The molecule has 1 aromatic heterocycles. The maximum atomic E-state index is 6.21. The molecule has 1 aliphatic rings. The minimum absolute atomic E-state index is 0.0271. The summed E-state index contributed by atoms with van der Waals surface area (Å²) >= 11 is 6.21. The van der Waals surface area contributed by atoms with Gasteiger partial charge in [-0.3, -0.25) is 0 Å². The third-order valence-electron chi connectivity index (χ3n) is 3.02. The molecular weight excluding hydrogens is 282 g/mol. The zero-order valence-electron chi connectivity index (χ0n) is 12.2. The van der Waals surface area contributed by atoms with Crippen molar-refractivity contribution in [1.82, 2.24) is 9.97 Å². The fourth-order valence-corrected chi connectivity index (χ4v) is 2.60. The van der Waals surface area contributed by atoms with Gasteiger partial charge in [-0.15, -0.1) is 0 Å². The molecule has 6 nitrogen and oxygen atoms in total. The summed E-state index contributed by atoms with van der Waals surface area (Å²) < 4.78 is 16.2. The summed E-state index contributed by atoms with van der Waals surface area (Å²) in [5, 5.41) is 0.500. The summed E-state index contributed by atoms with van der Waals surface area (Å²) in [7, 11) is 3.19. The molecule has 2 rings (SSSR count). The van der Waals surface area contributed by atoms with Crippen molar-refractivity contribution in [2.75, 3.05) is 38.8 Å². The molecule has 1 saturated heterocycles. The van der Waals surface area contributed by atoms with Crippen molar-refractivity contribution in [2.45, 2.75) is 25.6 Å². The van der Waals surface area contributed by atoms with Crippen molar-refractivity contribution >= 4 is 17.4 Å². The van der Waals surface area contributed by atoms with Crippen molar-refractivity contribution in [2.24, 2.45) is 0 Å². The molecule has 1 aliphatic heterocycles. The Balaban J connectivity index is 2.26. The van der Waals surface area contributed by atoms with Crippen LogP contribution in [0, 0.1) is 0 Å². The molecule has 0 radical (unpaired) electrons. The number of morpholine rings is 1. The minimum atomic E-state index is -0.303. The van der Waals surface area contributed by atoms with Crippen molar-refractivity contribution in [3.63, 3.8) is 0 Å². The lowest BCUT2D eigenvalue weighted by molar-refractivity contribution is -0.106. The molecule has 112 valence electrons. The number of halogens is 1. The van der Waals surface area contributed by atoms with Gasteiger partial charge in [-0.25, -0.2) is 4.98 Å². The van der Waals surface area contributed by atoms with Crippen LogP contribution in [0.25, 0.3) is 0 Å². The second-order valence-electron chi connectivity index (χ2n) is 5.36. The predicted molar refractivity (Wildman–Crippen MR) is 76.6 cm³/mol. The van der Waals surface area contributed by atoms with Gasteiger partial charge in [0.25, 0.3) is 0 Å². The Kier molecular flexibility index (Phi) is 4.67. The van der Waals surface area contributed by atoms with Gasteiger partial charge < -0.3 is 19.1 Å². The van der Waals surface area contributed by atoms with Gasteiger partial charge >= 0.3 is 6.01 Å². The third kappa shape index (κ3) is 3.50. The van der Waals surface area contributed by atoms with E-state index in [-0.39, 0.29) is 11.7 Å². The van der Waals surface area contributed by atoms with Gasteiger partial charge in [0, 0.05) is 20.2 Å². The highest BCUT2D eigenvalue weighted by molar-refractivity contribution is 6.32. The Morgan fingerprint density at radius 3 is 2.90 bits per heavy atom. The number of nitrogens with zero attached hydrogens (tertiary/aromatic N) is 3. The lowest BCUT2D eigenvalue weighted by Gasteiger charge is -2.43. The van der Waals surface area contributed by atoms with Gasteiger partial charge in [-0.1, -0.05) is 11.6 Å². The number of methoxy groups -OCH3 is 2. The Bertz CT molecular complexity index is 470. The number of hydrogen-bond acceptors (Lipinski definition) is 6. The fraction of sp³-hybridized carbons (Fsp3) is 0.692. The van der Waals surface area contributed by atoms with Gasteiger partial charge in [-0.2, -0.15) is 4.98 Å². The molecule has 1 aromatic rings. The van der Waals surface area contributed by atoms with Crippen LogP contribution < -0.4 is 9.64 Å². The summed E-state index contributed by atoms with van der Waals surface area (Å²) in [4.78, 5) is 10.4. The maximum Gasteiger partial charge on any atom is 0.318 e. The second-order valence-corrected chi connectivity index (χ2v) is 5.77. The van der Waals surface area contributed by atoms with Crippen molar-refractivity contribution in [3.8, 4) is 6.01 Å². The lowest BCUT2D eigenvalue weighted by Crippen LogP contribution is -2.54. The van der Waals surface area contributed by atoms with Crippen LogP contribution in [0.3, 0.4) is 0 Å². The highest BCUT2D eigenvalue weighted by atomic mass is 35.5. The molecule has 0 amide bonds. The molecule has 0 spiro atoms. The SMILES string of the molecule is COC[C@@H]1CN(c2nc(OC)ncc2Cl)CC(C)(C)O1. The van der Waals surface area contributed by atoms with Crippen molar-refractivity contribution in [3.05, 3.63) is 11.2 Å². The van der Waals surface area contributed by atoms with Crippen LogP contribution in [0.2, 0.25) is 5.02 Å². The van der Waals surface area contributed by atoms with Gasteiger partial charge in [0.05, 0.1) is 31.6 Å². The van der Waals surface area contributed by atoms with Gasteiger partial charge in [0.1, 0.15) is 5.02 Å². The molecule has 0 aliphatic carbocycles. The average Bonchev–Trinajstić information content (AvgIpc) is 2.37. The summed E-state index contributed by atoms with van der Waals surface area (Å²) in [5.74, 6) is 0.663. The van der Waals surface area contributed by atoms with E-state index in [0.717, 1.165) is 0 Å². The van der Waals surface area contributed by atoms with Crippen LogP contribution in [-0.2, 0) is 9.47 Å². The Hall–Kier alpha value is -1.11. The van der Waals surface area contributed by atoms with E-state index < -0.39 is 0 Å². The van der Waals surface area contributed by atoms with E-state index in [0.29, 0.717) is 36.5 Å². The van der Waals surface area contributed by atoms with Crippen molar-refractivity contribution < 1.29 is 14.2 Å². The molecule has 0 unspecified atom stereocenters. The maximum absolute atomic E-state index is 6.21. The van der Waals surface area contributed by atoms with Gasteiger partial charge in [0.2, 0.25) is 0 Å². The number of rotatable bonds is 4. The smallest absolute Gasteiger partial charge is 0.318 e. The molecule has 1 fully saturated rings. The first kappa shape index (κ1) is 15.3. The van der Waals surface area contributed by atoms with E-state index in [1.165, 1.54) is 7.11 Å². The summed E-state index contributed by atoms with van der Waals surface area (Å²) in [5.41, 5.74) is -0.303. The molecule has 20 heavy (non-hydrogen) atoms. The van der Waals surface area contributed by atoms with Crippen LogP contribution in [0.4, 0.5) is 5.82 Å². The summed E-state index contributed by atoms with van der Waals surface area (Å²) in [6, 6.07) is 0.303. The fourth-order valence-electron chi connectivity index (χ4n) is 2.39. The first-order valence-corrected chi connectivity index (χ1v) is 6.81. The summed E-state index contributed by atoms with van der Waals surface area (Å²) in [6.45, 7) is 5.95. The number of aromatic nitrogens is 2. The Labute approximate surface area is 124 Å². The molecule has 7 heteroatoms. The molecule has 2 heterocycles. The Morgan fingerprint density at radius 1 is 1.50 bits per heavy atom. The van der Waals surface area contributed by atoms with Crippen LogP contribution in [-0.4, -0.2) is 55.6 Å². The normalized spacial score (nSPS) is 21.9. The van der Waals surface area contributed by atoms with Gasteiger partial charge in [-0.05, 0) is 13.8 Å². The second kappa shape index (κ2) is 6.11. The first-order chi connectivity index (χ1) is 9.45. The monoisotopic (exact) mass is 301 g/mol. The molecular formula is C13H20ClN3O3.